The highest BCUT2D eigenvalue weighted by atomic mass is 16.8. The molecule has 0 aromatic rings. The lowest BCUT2D eigenvalue weighted by Crippen LogP contribution is -2.68. The van der Waals surface area contributed by atoms with Gasteiger partial charge in [-0.15, -0.1) is 0 Å². The van der Waals surface area contributed by atoms with E-state index in [1.54, 1.807) is 5.57 Å². The van der Waals surface area contributed by atoms with Crippen LogP contribution in [0.2, 0.25) is 0 Å². The fourth-order valence-corrected chi connectivity index (χ4v) is 15.1. The third kappa shape index (κ3) is 7.81. The van der Waals surface area contributed by atoms with Crippen LogP contribution in [-0.4, -0.2) is 168 Å². The molecule has 24 atom stereocenters. The summed E-state index contributed by atoms with van der Waals surface area (Å²) in [5.41, 5.74) is 0.763. The summed E-state index contributed by atoms with van der Waals surface area (Å²) >= 11 is 0. The molecule has 0 bridgehead atoms. The summed E-state index contributed by atoms with van der Waals surface area (Å²) in [4.78, 5) is 12.5. The number of carboxylic acid groups (broad SMARTS) is 1. The zero-order chi connectivity index (χ0) is 47.7. The van der Waals surface area contributed by atoms with Gasteiger partial charge in [-0.25, -0.2) is 4.79 Å². The Kier molecular flexibility index (Phi) is 13.2. The molecule has 17 heteroatoms. The van der Waals surface area contributed by atoms with E-state index in [4.69, 9.17) is 28.4 Å². The van der Waals surface area contributed by atoms with Crippen LogP contribution in [0.1, 0.15) is 120 Å². The molecule has 0 amide bonds. The van der Waals surface area contributed by atoms with Gasteiger partial charge in [-0.1, -0.05) is 67.0 Å². The second-order valence-corrected chi connectivity index (χ2v) is 23.8. The van der Waals surface area contributed by atoms with E-state index in [9.17, 15) is 55.9 Å². The predicted octanol–water partition coefficient (Wildman–Crippen LogP) is 1.73. The molecular weight excluding hydrogens is 849 g/mol. The minimum atomic E-state index is -2.02. The molecular formula is C48H78O17. The van der Waals surface area contributed by atoms with Crippen molar-refractivity contribution >= 4 is 5.97 Å². The van der Waals surface area contributed by atoms with Gasteiger partial charge in [-0.3, -0.25) is 0 Å². The number of aliphatic hydroxyl groups is 9. The Labute approximate surface area is 382 Å². The van der Waals surface area contributed by atoms with Gasteiger partial charge in [0.25, 0.3) is 0 Å². The van der Waals surface area contributed by atoms with Gasteiger partial charge in [-0.05, 0) is 110 Å². The summed E-state index contributed by atoms with van der Waals surface area (Å²) < 4.78 is 36.4. The first-order valence-corrected chi connectivity index (χ1v) is 24.1. The van der Waals surface area contributed by atoms with E-state index < -0.39 is 116 Å². The average Bonchev–Trinajstić information content (AvgIpc) is 3.22. The molecule has 4 saturated carbocycles. The molecule has 3 aliphatic heterocycles. The van der Waals surface area contributed by atoms with E-state index >= 15 is 0 Å². The van der Waals surface area contributed by atoms with E-state index in [2.05, 4.69) is 61.5 Å². The lowest BCUT2D eigenvalue weighted by molar-refractivity contribution is -0.395. The first-order valence-electron chi connectivity index (χ1n) is 24.1. The maximum Gasteiger partial charge on any atom is 0.335 e. The fraction of sp³-hybridized carbons (Fsp3) is 0.938. The predicted molar refractivity (Wildman–Crippen MR) is 229 cm³/mol. The van der Waals surface area contributed by atoms with E-state index in [0.717, 1.165) is 51.4 Å². The minimum absolute atomic E-state index is 0.00181. The van der Waals surface area contributed by atoms with Crippen LogP contribution in [0.25, 0.3) is 0 Å². The van der Waals surface area contributed by atoms with Gasteiger partial charge < -0.3 is 79.5 Å². The highest BCUT2D eigenvalue weighted by molar-refractivity contribution is 5.73. The van der Waals surface area contributed by atoms with Gasteiger partial charge >= 0.3 is 5.97 Å². The number of aliphatic carboxylic acids is 1. The van der Waals surface area contributed by atoms with Crippen molar-refractivity contribution < 1.29 is 84.3 Å². The highest BCUT2D eigenvalue weighted by Gasteiger charge is 2.69. The lowest BCUT2D eigenvalue weighted by atomic mass is 9.33. The number of carbonyl (C=O) groups is 1. The Morgan fingerprint density at radius 3 is 1.94 bits per heavy atom. The number of hydrogen-bond acceptors (Lipinski definition) is 16. The van der Waals surface area contributed by atoms with Gasteiger partial charge in [0, 0.05) is 5.41 Å². The maximum atomic E-state index is 12.5. The van der Waals surface area contributed by atoms with E-state index in [0.29, 0.717) is 18.3 Å². The van der Waals surface area contributed by atoms with Crippen LogP contribution in [0, 0.1) is 50.2 Å². The van der Waals surface area contributed by atoms with Crippen molar-refractivity contribution in [1.82, 2.24) is 0 Å². The average molecular weight is 927 g/mol. The van der Waals surface area contributed by atoms with E-state index in [-0.39, 0.29) is 39.1 Å². The zero-order valence-corrected chi connectivity index (χ0v) is 39.5. The van der Waals surface area contributed by atoms with Crippen molar-refractivity contribution in [2.24, 2.45) is 50.2 Å². The number of ether oxygens (including phenoxy) is 6. The molecule has 0 radical (unpaired) electrons. The summed E-state index contributed by atoms with van der Waals surface area (Å²) in [5, 5.41) is 108. The van der Waals surface area contributed by atoms with Crippen LogP contribution >= 0.6 is 0 Å². The van der Waals surface area contributed by atoms with E-state index in [1.807, 2.05) is 0 Å². The fourth-order valence-electron chi connectivity index (χ4n) is 15.1. The Bertz CT molecular complexity index is 1790. The number of carboxylic acids is 1. The molecule has 0 spiro atoms. The number of fused-ring (bicyclic) bond motifs is 7. The Morgan fingerprint density at radius 1 is 0.662 bits per heavy atom. The number of allylic oxidation sites excluding steroid dienone is 2. The monoisotopic (exact) mass is 927 g/mol. The molecule has 8 aliphatic rings. The van der Waals surface area contributed by atoms with Crippen molar-refractivity contribution in [2.75, 3.05) is 6.61 Å². The Balaban J connectivity index is 1.06. The van der Waals surface area contributed by atoms with Gasteiger partial charge in [0.15, 0.2) is 25.0 Å². The zero-order valence-electron chi connectivity index (χ0n) is 39.5. The van der Waals surface area contributed by atoms with Crippen molar-refractivity contribution in [2.45, 2.75) is 224 Å². The number of rotatable bonds is 8. The van der Waals surface area contributed by atoms with Crippen LogP contribution in [0.15, 0.2) is 11.6 Å². The molecule has 372 valence electrons. The molecule has 10 N–H and O–H groups in total. The first-order chi connectivity index (χ1) is 30.2. The van der Waals surface area contributed by atoms with Crippen LogP contribution < -0.4 is 0 Å². The smallest absolute Gasteiger partial charge is 0.335 e. The summed E-state index contributed by atoms with van der Waals surface area (Å²) in [6.45, 7) is 19.3. The molecule has 8 rings (SSSR count). The standard InChI is InChI=1S/C48H78O17/c1-21-29(51)31(53)35(57)40(60-21)64-37-32(54)30(52)24(20-49)61-41(37)65-38-34(56)33(55)36(39(58)59)63-42(38)62-28-13-14-46(7)25(44(28,4)5)12-15-48(9)26(46)11-10-22-23-18-43(2,3)19-27(50)45(23,6)16-17-47(22,48)8/h10,21,23-38,40-42,49-57H,11-20H2,1-9H3,(H,58,59)/t21-,23-,24+,25+,26+,27+,28-,29-,30-,31+,32-,33-,34-,35+,36-,37+,38+,40-,41-,42+,45+,46-,47+,48+/m0/s1. The van der Waals surface area contributed by atoms with Crippen molar-refractivity contribution in [1.29, 1.82) is 0 Å². The first kappa shape index (κ1) is 50.0. The van der Waals surface area contributed by atoms with Gasteiger partial charge in [0.05, 0.1) is 24.9 Å². The normalized spacial score (nSPS) is 55.1. The Morgan fingerprint density at radius 2 is 1.29 bits per heavy atom. The molecule has 7 fully saturated rings. The Hall–Kier alpha value is -1.39. The third-order valence-electron chi connectivity index (χ3n) is 19.4. The molecule has 65 heavy (non-hydrogen) atoms. The molecule has 3 saturated heterocycles. The molecule has 3 heterocycles. The van der Waals surface area contributed by atoms with Crippen molar-refractivity contribution in [3.05, 3.63) is 11.6 Å². The highest BCUT2D eigenvalue weighted by Crippen LogP contribution is 2.76. The van der Waals surface area contributed by atoms with Crippen LogP contribution in [0.5, 0.6) is 0 Å². The summed E-state index contributed by atoms with van der Waals surface area (Å²) in [5.74, 6) is -0.724. The van der Waals surface area contributed by atoms with Crippen LogP contribution in [0.3, 0.4) is 0 Å². The lowest BCUT2D eigenvalue weighted by Gasteiger charge is -2.71. The maximum absolute atomic E-state index is 12.5. The topological polar surface area (TPSA) is 275 Å². The number of aliphatic hydroxyl groups excluding tert-OH is 9. The largest absolute Gasteiger partial charge is 0.479 e. The SMILES string of the molecule is C[C@@H]1O[C@@H](O[C@H]2[C@H](O[C@H]3[C@H](O[C@H]4CC[C@@]5(C)[C@H](CC[C@]6(C)[C@@H]5CC=C5[C@@H]7CC(C)(C)C[C@@H](O)[C@]7(C)CC[C@]56C)C4(C)C)O[C@H](C(=O)O)[C@@H](O)[C@@H]3O)O[C@H](CO)[C@H](O)[C@@H]2O)[C@H](O)[C@H](O)[C@H]1O. The van der Waals surface area contributed by atoms with Gasteiger partial charge in [0.1, 0.15) is 61.0 Å². The van der Waals surface area contributed by atoms with Crippen LogP contribution in [-0.2, 0) is 33.2 Å². The minimum Gasteiger partial charge on any atom is -0.479 e. The van der Waals surface area contributed by atoms with Gasteiger partial charge in [-0.2, -0.15) is 0 Å². The van der Waals surface area contributed by atoms with Gasteiger partial charge in [0.2, 0.25) is 0 Å². The molecule has 0 aromatic heterocycles. The summed E-state index contributed by atoms with van der Waals surface area (Å²) in [6, 6.07) is 0. The quantitative estimate of drug-likeness (QED) is 0.123. The van der Waals surface area contributed by atoms with E-state index in [1.165, 1.54) is 6.92 Å². The van der Waals surface area contributed by atoms with Crippen molar-refractivity contribution in [3.8, 4) is 0 Å². The molecule has 17 nitrogen and oxygen atoms in total. The second-order valence-electron chi connectivity index (χ2n) is 23.8. The summed E-state index contributed by atoms with van der Waals surface area (Å²) in [7, 11) is 0. The molecule has 0 unspecified atom stereocenters. The van der Waals surface area contributed by atoms with Crippen LogP contribution in [0.4, 0.5) is 0 Å². The number of hydrogen-bond donors (Lipinski definition) is 10. The second kappa shape index (κ2) is 17.2. The third-order valence-corrected chi connectivity index (χ3v) is 19.4. The molecule has 5 aliphatic carbocycles. The molecule has 0 aromatic carbocycles. The van der Waals surface area contributed by atoms with Crippen molar-refractivity contribution in [3.63, 3.8) is 0 Å². The summed E-state index contributed by atoms with van der Waals surface area (Å²) in [6.07, 6.45) is -15.9.